The molecule has 250 valence electrons. The van der Waals surface area contributed by atoms with E-state index < -0.39 is 48.0 Å². The van der Waals surface area contributed by atoms with Crippen LogP contribution in [0, 0.1) is 19.9 Å². The number of aliphatic hydroxyl groups is 1. The van der Waals surface area contributed by atoms with Crippen LogP contribution in [0.4, 0.5) is 10.2 Å². The molecule has 1 amide bonds. The number of rotatable bonds is 13. The molecule has 2 N–H and O–H groups in total. The van der Waals surface area contributed by atoms with E-state index in [0.29, 0.717) is 17.7 Å². The van der Waals surface area contributed by atoms with Gasteiger partial charge in [-0.1, -0.05) is 46.1 Å². The number of carbonyl (C=O) groups excluding carboxylic acids is 3. The Morgan fingerprint density at radius 1 is 1.20 bits per heavy atom. The Bertz CT molecular complexity index is 1610. The van der Waals surface area contributed by atoms with Crippen LogP contribution in [0.25, 0.3) is 11.2 Å². The molecule has 0 saturated carbocycles. The molecule has 46 heavy (non-hydrogen) atoms. The number of carbonyl (C=O) groups is 3. The summed E-state index contributed by atoms with van der Waals surface area (Å²) in [6.07, 6.45) is 2.66. The number of nitrogens with zero attached hydrogens (tertiary/aromatic N) is 4. The number of amides is 1. The van der Waals surface area contributed by atoms with Crippen LogP contribution in [0.3, 0.4) is 0 Å². The fourth-order valence-electron chi connectivity index (χ4n) is 6.12. The van der Waals surface area contributed by atoms with Crippen LogP contribution in [0.15, 0.2) is 18.5 Å². The summed E-state index contributed by atoms with van der Waals surface area (Å²) < 4.78 is 33.6. The number of fused-ring (bicyclic) bond motifs is 1. The van der Waals surface area contributed by atoms with Crippen molar-refractivity contribution in [1.29, 1.82) is 0 Å². The molecule has 0 unspecified atom stereocenters. The number of hydrogen-bond donors (Lipinski definition) is 2. The van der Waals surface area contributed by atoms with E-state index in [1.807, 2.05) is 33.8 Å². The van der Waals surface area contributed by atoms with E-state index >= 15 is 0 Å². The zero-order valence-electron chi connectivity index (χ0n) is 27.6. The molecule has 1 saturated heterocycles. The summed E-state index contributed by atoms with van der Waals surface area (Å²) in [5, 5.41) is 12.9. The van der Waals surface area contributed by atoms with Gasteiger partial charge in [-0.05, 0) is 44.4 Å². The van der Waals surface area contributed by atoms with Crippen LogP contribution in [0.5, 0.6) is 5.75 Å². The molecule has 0 radical (unpaired) electrons. The van der Waals surface area contributed by atoms with Crippen LogP contribution < -0.4 is 10.1 Å². The lowest BCUT2D eigenvalue weighted by Crippen LogP contribution is -2.43. The van der Waals surface area contributed by atoms with Crippen LogP contribution >= 0.6 is 0 Å². The average Bonchev–Trinajstić information content (AvgIpc) is 3.51. The van der Waals surface area contributed by atoms with Gasteiger partial charge < -0.3 is 24.6 Å². The lowest BCUT2D eigenvalue weighted by molar-refractivity contribution is -0.165. The number of hydrogen-bond acceptors (Lipinski definition) is 10. The molecule has 3 aromatic rings. The molecule has 1 aliphatic rings. The average molecular weight is 642 g/mol. The Kier molecular flexibility index (Phi) is 10.8. The zero-order valence-corrected chi connectivity index (χ0v) is 27.6. The molecular weight excluding hydrogens is 597 g/mol. The number of unbranched alkanes of at least 4 members (excludes halogenated alkanes) is 3. The number of anilines is 1. The molecule has 0 aliphatic carbocycles. The Morgan fingerprint density at radius 2 is 1.93 bits per heavy atom. The monoisotopic (exact) mass is 641 g/mol. The van der Waals surface area contributed by atoms with Crippen molar-refractivity contribution >= 4 is 34.8 Å². The van der Waals surface area contributed by atoms with Crippen LogP contribution in [-0.2, 0) is 29.3 Å². The number of aryl methyl sites for hydroxylation is 2. The number of ether oxygens (including phenoxy) is 3. The topological polar surface area (TPSA) is 155 Å². The third-order valence-corrected chi connectivity index (χ3v) is 8.27. The van der Waals surface area contributed by atoms with Gasteiger partial charge in [0.2, 0.25) is 5.91 Å². The summed E-state index contributed by atoms with van der Waals surface area (Å²) in [4.78, 5) is 49.7. The van der Waals surface area contributed by atoms with Gasteiger partial charge in [-0.2, -0.15) is 14.4 Å². The van der Waals surface area contributed by atoms with Gasteiger partial charge in [-0.25, -0.2) is 4.98 Å². The molecule has 0 spiro atoms. The highest BCUT2D eigenvalue weighted by molar-refractivity contribution is 5.96. The first kappa shape index (κ1) is 34.9. The van der Waals surface area contributed by atoms with E-state index in [-0.39, 0.29) is 42.2 Å². The van der Waals surface area contributed by atoms with E-state index in [0.717, 1.165) is 30.4 Å². The molecule has 1 fully saturated rings. The minimum Gasteiger partial charge on any atom is -0.459 e. The minimum atomic E-state index is -1.29. The van der Waals surface area contributed by atoms with Crippen molar-refractivity contribution in [3.05, 3.63) is 41.2 Å². The summed E-state index contributed by atoms with van der Waals surface area (Å²) in [6.45, 7) is 12.1. The SMILES string of the molecule is CCCCCCC(=O)Nc1nc(F)nc2c1ncn2[C@H]1C[C@H](OC(=O)CC(C)(C)c2c(C)cc(C)cc2OC(C)=O)[C@@](C)(CO)O1. The maximum atomic E-state index is 14.6. The lowest BCUT2D eigenvalue weighted by Gasteiger charge is -2.31. The standard InChI is InChI=1S/C33H44FN5O7/c1-8-9-10-11-12-24(42)36-29-28-30(38-31(34)37-29)39(18-35-28)25-15-23(33(7,17-40)46-25)45-26(43)16-32(5,6)27-20(3)13-19(2)14-22(27)44-21(4)41/h13-14,18,23,25,40H,8-12,15-17H2,1-7H3,(H,36,37,38,42)/t23-,25+,33+/m0/s1. The van der Waals surface area contributed by atoms with Gasteiger partial charge in [0.1, 0.15) is 23.7 Å². The molecule has 0 bridgehead atoms. The molecule has 1 aliphatic heterocycles. The summed E-state index contributed by atoms with van der Waals surface area (Å²) >= 11 is 0. The number of nitrogens with one attached hydrogen (secondary N) is 1. The Morgan fingerprint density at radius 3 is 2.61 bits per heavy atom. The molecule has 1 aromatic carbocycles. The fraction of sp³-hybridized carbons (Fsp3) is 0.576. The number of aromatic nitrogens is 4. The van der Waals surface area contributed by atoms with Crippen molar-refractivity contribution in [2.24, 2.45) is 0 Å². The smallest absolute Gasteiger partial charge is 0.312 e. The van der Waals surface area contributed by atoms with Crippen molar-refractivity contribution in [3.63, 3.8) is 0 Å². The van der Waals surface area contributed by atoms with Gasteiger partial charge in [-0.15, -0.1) is 0 Å². The first-order valence-electron chi connectivity index (χ1n) is 15.7. The number of esters is 2. The maximum Gasteiger partial charge on any atom is 0.312 e. The summed E-state index contributed by atoms with van der Waals surface area (Å²) in [5.41, 5.74) is 0.692. The molecule has 2 aromatic heterocycles. The molecule has 3 atom stereocenters. The van der Waals surface area contributed by atoms with E-state index in [1.165, 1.54) is 17.8 Å². The lowest BCUT2D eigenvalue weighted by atomic mass is 9.78. The summed E-state index contributed by atoms with van der Waals surface area (Å²) in [7, 11) is 0. The highest BCUT2D eigenvalue weighted by Gasteiger charge is 2.49. The highest BCUT2D eigenvalue weighted by Crippen LogP contribution is 2.42. The van der Waals surface area contributed by atoms with Gasteiger partial charge in [0.05, 0.1) is 19.4 Å². The van der Waals surface area contributed by atoms with Gasteiger partial charge >= 0.3 is 18.0 Å². The van der Waals surface area contributed by atoms with Gasteiger partial charge in [0, 0.05) is 30.7 Å². The number of benzene rings is 1. The molecular formula is C33H44FN5O7. The second-order valence-corrected chi connectivity index (χ2v) is 12.9. The van der Waals surface area contributed by atoms with Gasteiger partial charge in [0.15, 0.2) is 17.0 Å². The van der Waals surface area contributed by atoms with Crippen LogP contribution in [0.1, 0.15) is 102 Å². The minimum absolute atomic E-state index is 0.0469. The predicted octanol–water partition coefficient (Wildman–Crippen LogP) is 5.37. The van der Waals surface area contributed by atoms with Crippen LogP contribution in [-0.4, -0.2) is 60.8 Å². The molecule has 4 rings (SSSR count). The quantitative estimate of drug-likeness (QED) is 0.108. The van der Waals surface area contributed by atoms with Crippen molar-refractivity contribution in [3.8, 4) is 5.75 Å². The predicted molar refractivity (Wildman–Crippen MR) is 168 cm³/mol. The second-order valence-electron chi connectivity index (χ2n) is 12.9. The largest absolute Gasteiger partial charge is 0.459 e. The summed E-state index contributed by atoms with van der Waals surface area (Å²) in [5.74, 6) is -0.965. The first-order chi connectivity index (χ1) is 21.7. The molecule has 3 heterocycles. The number of halogens is 1. The Hall–Kier alpha value is -3.97. The number of aliphatic hydroxyl groups excluding tert-OH is 1. The van der Waals surface area contributed by atoms with Gasteiger partial charge in [0.25, 0.3) is 0 Å². The first-order valence-corrected chi connectivity index (χ1v) is 15.7. The van der Waals surface area contributed by atoms with E-state index in [2.05, 4.69) is 27.2 Å². The van der Waals surface area contributed by atoms with Crippen molar-refractivity contribution in [1.82, 2.24) is 19.5 Å². The van der Waals surface area contributed by atoms with Crippen molar-refractivity contribution in [2.45, 2.75) is 117 Å². The van der Waals surface area contributed by atoms with Crippen molar-refractivity contribution in [2.75, 3.05) is 11.9 Å². The van der Waals surface area contributed by atoms with Crippen LogP contribution in [0.2, 0.25) is 0 Å². The summed E-state index contributed by atoms with van der Waals surface area (Å²) in [6, 6.07) is 3.72. The Balaban J connectivity index is 1.52. The number of imidazole rings is 1. The van der Waals surface area contributed by atoms with E-state index in [1.54, 1.807) is 13.0 Å². The van der Waals surface area contributed by atoms with E-state index in [4.69, 9.17) is 14.2 Å². The highest BCUT2D eigenvalue weighted by atomic mass is 19.1. The molecule has 12 nitrogen and oxygen atoms in total. The zero-order chi connectivity index (χ0) is 33.8. The molecule has 13 heteroatoms. The third kappa shape index (κ3) is 7.87. The fourth-order valence-corrected chi connectivity index (χ4v) is 6.12. The second kappa shape index (κ2) is 14.2. The Labute approximate surface area is 268 Å². The van der Waals surface area contributed by atoms with E-state index in [9.17, 15) is 23.9 Å². The maximum absolute atomic E-state index is 14.6. The normalized spacial score (nSPS) is 19.8. The van der Waals surface area contributed by atoms with Gasteiger partial charge in [-0.3, -0.25) is 19.0 Å². The third-order valence-electron chi connectivity index (χ3n) is 8.27. The van der Waals surface area contributed by atoms with Crippen molar-refractivity contribution < 1.29 is 38.1 Å².